The van der Waals surface area contributed by atoms with Crippen LogP contribution in [0, 0.1) is 0 Å². The molecule has 0 N–H and O–H groups in total. The number of fused-ring (bicyclic) bond motifs is 2. The largest absolute Gasteiger partial charge is 0.456 e. The molecular weight excluding hydrogens is 388 g/mol. The summed E-state index contributed by atoms with van der Waals surface area (Å²) in [6, 6.07) is 29.8. The van der Waals surface area contributed by atoms with Crippen LogP contribution in [0.2, 0.25) is 0 Å². The van der Waals surface area contributed by atoms with E-state index in [1.807, 2.05) is 60.7 Å². The number of ether oxygens (including phenoxy) is 1. The Morgan fingerprint density at radius 2 is 1.39 bits per heavy atom. The van der Waals surface area contributed by atoms with Crippen LogP contribution in [-0.2, 0) is 11.3 Å². The van der Waals surface area contributed by atoms with E-state index < -0.39 is 5.97 Å². The second-order valence-corrected chi connectivity index (χ2v) is 7.16. The Morgan fingerprint density at radius 1 is 0.742 bits per heavy atom. The second-order valence-electron chi connectivity index (χ2n) is 7.16. The van der Waals surface area contributed by atoms with Gasteiger partial charge in [0, 0.05) is 5.39 Å². The van der Waals surface area contributed by atoms with Gasteiger partial charge in [-0.05, 0) is 34.5 Å². The molecule has 0 fully saturated rings. The quantitative estimate of drug-likeness (QED) is 0.399. The molecule has 4 aromatic carbocycles. The predicted molar refractivity (Wildman–Crippen MR) is 120 cm³/mol. The Balaban J connectivity index is 1.55. The molecule has 0 spiro atoms. The molecule has 5 nitrogen and oxygen atoms in total. The highest BCUT2D eigenvalue weighted by molar-refractivity contribution is 6.02. The summed E-state index contributed by atoms with van der Waals surface area (Å²) in [4.78, 5) is 26.0. The third-order valence-corrected chi connectivity index (χ3v) is 5.24. The smallest absolute Gasteiger partial charge is 0.359 e. The van der Waals surface area contributed by atoms with Crippen molar-refractivity contribution in [3.05, 3.63) is 119 Å². The topological polar surface area (TPSA) is 61.2 Å². The van der Waals surface area contributed by atoms with E-state index in [4.69, 9.17) is 4.74 Å². The summed E-state index contributed by atoms with van der Waals surface area (Å²) in [5, 5.41) is 7.38. The van der Waals surface area contributed by atoms with Crippen LogP contribution < -0.4 is 5.56 Å². The first-order chi connectivity index (χ1) is 15.2. The van der Waals surface area contributed by atoms with Gasteiger partial charge >= 0.3 is 5.97 Å². The van der Waals surface area contributed by atoms with Gasteiger partial charge in [0.25, 0.3) is 5.56 Å². The molecule has 5 rings (SSSR count). The Labute approximate surface area is 178 Å². The average molecular weight is 406 g/mol. The summed E-state index contributed by atoms with van der Waals surface area (Å²) in [5.74, 6) is -0.575. The summed E-state index contributed by atoms with van der Waals surface area (Å²) in [6.45, 7) is 0.112. The van der Waals surface area contributed by atoms with Crippen molar-refractivity contribution < 1.29 is 9.53 Å². The molecule has 0 aliphatic heterocycles. The minimum absolute atomic E-state index is 0.110. The zero-order chi connectivity index (χ0) is 21.2. The lowest BCUT2D eigenvalue weighted by atomic mass is 10.1. The van der Waals surface area contributed by atoms with E-state index in [9.17, 15) is 9.59 Å². The molecule has 5 aromatic rings. The van der Waals surface area contributed by atoms with E-state index in [2.05, 4.69) is 5.10 Å². The van der Waals surface area contributed by atoms with Crippen LogP contribution >= 0.6 is 0 Å². The lowest BCUT2D eigenvalue weighted by Gasteiger charge is -2.12. The zero-order valence-electron chi connectivity index (χ0n) is 16.6. The third-order valence-electron chi connectivity index (χ3n) is 5.24. The van der Waals surface area contributed by atoms with Crippen molar-refractivity contribution in [2.75, 3.05) is 0 Å². The fourth-order valence-corrected chi connectivity index (χ4v) is 3.71. The number of nitrogens with zero attached hydrogens (tertiary/aromatic N) is 2. The number of carbonyl (C=O) groups is 1. The maximum atomic E-state index is 13.1. The molecule has 0 bridgehead atoms. The summed E-state index contributed by atoms with van der Waals surface area (Å²) in [5.41, 5.74) is 1.32. The van der Waals surface area contributed by atoms with Gasteiger partial charge in [0.2, 0.25) is 0 Å². The lowest BCUT2D eigenvalue weighted by molar-refractivity contribution is 0.0468. The number of esters is 1. The van der Waals surface area contributed by atoms with Gasteiger partial charge in [-0.2, -0.15) is 9.78 Å². The summed E-state index contributed by atoms with van der Waals surface area (Å²) < 4.78 is 6.89. The highest BCUT2D eigenvalue weighted by atomic mass is 16.5. The molecule has 1 heterocycles. The maximum Gasteiger partial charge on any atom is 0.359 e. The van der Waals surface area contributed by atoms with Crippen LogP contribution in [0.25, 0.3) is 27.2 Å². The summed E-state index contributed by atoms with van der Waals surface area (Å²) in [6.07, 6.45) is 0. The fraction of sp³-hybridized carbons (Fsp3) is 0.0385. The van der Waals surface area contributed by atoms with Gasteiger partial charge < -0.3 is 4.74 Å². The van der Waals surface area contributed by atoms with Crippen LogP contribution in [0.4, 0.5) is 0 Å². The zero-order valence-corrected chi connectivity index (χ0v) is 16.6. The van der Waals surface area contributed by atoms with Gasteiger partial charge in [0.1, 0.15) is 6.61 Å². The Hall–Kier alpha value is -4.25. The molecule has 0 aliphatic rings. The van der Waals surface area contributed by atoms with Crippen LogP contribution in [0.1, 0.15) is 16.1 Å². The Bertz CT molecular complexity index is 1470. The SMILES string of the molecule is O=C(OCc1cccc2ccccc12)c1nn(-c2ccccc2)c(=O)c2ccccc12. The first-order valence-corrected chi connectivity index (χ1v) is 9.93. The van der Waals surface area contributed by atoms with Gasteiger partial charge in [-0.15, -0.1) is 0 Å². The highest BCUT2D eigenvalue weighted by Crippen LogP contribution is 2.21. The molecule has 150 valence electrons. The standard InChI is InChI=1S/C26H18N2O3/c29-25-23-16-7-6-15-22(23)24(27-28(25)20-12-2-1-3-13-20)26(30)31-17-19-11-8-10-18-9-4-5-14-21(18)19/h1-16H,17H2. The van der Waals surface area contributed by atoms with Crippen LogP contribution in [-0.4, -0.2) is 15.7 Å². The second kappa shape index (κ2) is 7.88. The Morgan fingerprint density at radius 3 is 2.19 bits per heavy atom. The Kier molecular flexibility index (Phi) is 4.77. The van der Waals surface area contributed by atoms with Crippen molar-refractivity contribution in [2.45, 2.75) is 6.61 Å². The molecule has 0 saturated heterocycles. The average Bonchev–Trinajstić information content (AvgIpc) is 2.83. The predicted octanol–water partition coefficient (Wildman–Crippen LogP) is 4.90. The number of hydrogen-bond acceptors (Lipinski definition) is 4. The number of benzene rings is 4. The molecule has 31 heavy (non-hydrogen) atoms. The molecule has 0 aliphatic carbocycles. The summed E-state index contributed by atoms with van der Waals surface area (Å²) >= 11 is 0. The van der Waals surface area contributed by atoms with Crippen molar-refractivity contribution in [3.8, 4) is 5.69 Å². The van der Waals surface area contributed by atoms with E-state index in [1.165, 1.54) is 4.68 Å². The van der Waals surface area contributed by atoms with Gasteiger partial charge in [0.15, 0.2) is 5.69 Å². The van der Waals surface area contributed by atoms with Crippen molar-refractivity contribution in [3.63, 3.8) is 0 Å². The molecule has 0 unspecified atom stereocenters. The van der Waals surface area contributed by atoms with Gasteiger partial charge in [-0.3, -0.25) is 4.79 Å². The number of para-hydroxylation sites is 1. The molecule has 0 amide bonds. The molecule has 0 saturated carbocycles. The third kappa shape index (κ3) is 3.46. The molecular formula is C26H18N2O3. The highest BCUT2D eigenvalue weighted by Gasteiger charge is 2.19. The van der Waals surface area contributed by atoms with E-state index in [0.29, 0.717) is 16.5 Å². The van der Waals surface area contributed by atoms with Gasteiger partial charge in [0.05, 0.1) is 11.1 Å². The fourth-order valence-electron chi connectivity index (χ4n) is 3.71. The number of rotatable bonds is 4. The number of hydrogen-bond donors (Lipinski definition) is 0. The first-order valence-electron chi connectivity index (χ1n) is 9.93. The number of carbonyl (C=O) groups excluding carboxylic acids is 1. The normalized spacial score (nSPS) is 11.0. The van der Waals surface area contributed by atoms with Crippen LogP contribution in [0.3, 0.4) is 0 Å². The van der Waals surface area contributed by atoms with Crippen molar-refractivity contribution in [1.29, 1.82) is 0 Å². The molecule has 5 heteroatoms. The first kappa shape index (κ1) is 18.8. The lowest BCUT2D eigenvalue weighted by Crippen LogP contribution is -2.25. The van der Waals surface area contributed by atoms with E-state index in [-0.39, 0.29) is 17.9 Å². The van der Waals surface area contributed by atoms with E-state index in [1.54, 1.807) is 36.4 Å². The summed E-state index contributed by atoms with van der Waals surface area (Å²) in [7, 11) is 0. The molecule has 0 radical (unpaired) electrons. The van der Waals surface area contributed by atoms with Gasteiger partial charge in [-0.25, -0.2) is 4.79 Å². The van der Waals surface area contributed by atoms with Crippen LogP contribution in [0.15, 0.2) is 102 Å². The maximum absolute atomic E-state index is 13.1. The van der Waals surface area contributed by atoms with Gasteiger partial charge in [-0.1, -0.05) is 78.9 Å². The number of aromatic nitrogens is 2. The minimum Gasteiger partial charge on any atom is -0.456 e. The minimum atomic E-state index is -0.575. The van der Waals surface area contributed by atoms with E-state index >= 15 is 0 Å². The van der Waals surface area contributed by atoms with Crippen LogP contribution in [0.5, 0.6) is 0 Å². The van der Waals surface area contributed by atoms with Crippen molar-refractivity contribution >= 4 is 27.5 Å². The molecule has 1 aromatic heterocycles. The van der Waals surface area contributed by atoms with Crippen molar-refractivity contribution in [2.24, 2.45) is 0 Å². The monoisotopic (exact) mass is 406 g/mol. The van der Waals surface area contributed by atoms with Crippen molar-refractivity contribution in [1.82, 2.24) is 9.78 Å². The molecule has 0 atom stereocenters. The van der Waals surface area contributed by atoms with E-state index in [0.717, 1.165) is 16.3 Å².